The van der Waals surface area contributed by atoms with Gasteiger partial charge >= 0.3 is 0 Å². The summed E-state index contributed by atoms with van der Waals surface area (Å²) in [5, 5.41) is 7.90. The number of hydrogen-bond acceptors (Lipinski definition) is 3. The summed E-state index contributed by atoms with van der Waals surface area (Å²) in [4.78, 5) is 0. The number of rotatable bonds is 9. The van der Waals surface area contributed by atoms with Gasteiger partial charge in [-0.1, -0.05) is 13.8 Å². The van der Waals surface area contributed by atoms with Gasteiger partial charge in [-0.15, -0.1) is 0 Å². The van der Waals surface area contributed by atoms with Crippen LogP contribution in [0.1, 0.15) is 45.7 Å². The molecule has 0 fully saturated rings. The second-order valence-electron chi connectivity index (χ2n) is 4.78. The molecular formula is C14H27N3O. The summed E-state index contributed by atoms with van der Waals surface area (Å²) >= 11 is 0. The Morgan fingerprint density at radius 2 is 2.17 bits per heavy atom. The summed E-state index contributed by atoms with van der Waals surface area (Å²) < 4.78 is 7.46. The average Bonchev–Trinajstić information content (AvgIpc) is 2.76. The first kappa shape index (κ1) is 15.0. The Bertz CT molecular complexity index is 336. The fourth-order valence-corrected chi connectivity index (χ4v) is 2.07. The summed E-state index contributed by atoms with van der Waals surface area (Å²) in [6.45, 7) is 8.66. The normalized spacial score (nSPS) is 12.7. The van der Waals surface area contributed by atoms with Crippen LogP contribution in [0.4, 0.5) is 0 Å². The number of ether oxygens (including phenoxy) is 1. The van der Waals surface area contributed by atoms with E-state index in [-0.39, 0.29) is 0 Å². The maximum absolute atomic E-state index is 5.38. The Morgan fingerprint density at radius 1 is 1.39 bits per heavy atom. The molecule has 0 saturated carbocycles. The van der Waals surface area contributed by atoms with E-state index in [0.717, 1.165) is 38.1 Å². The van der Waals surface area contributed by atoms with Gasteiger partial charge in [0.2, 0.25) is 0 Å². The van der Waals surface area contributed by atoms with E-state index < -0.39 is 0 Å². The molecule has 0 bridgehead atoms. The van der Waals surface area contributed by atoms with E-state index in [0.29, 0.717) is 6.04 Å². The van der Waals surface area contributed by atoms with Gasteiger partial charge < -0.3 is 10.1 Å². The van der Waals surface area contributed by atoms with Crippen molar-refractivity contribution in [3.63, 3.8) is 0 Å². The van der Waals surface area contributed by atoms with Gasteiger partial charge in [-0.2, -0.15) is 5.10 Å². The molecule has 0 saturated heterocycles. The molecule has 1 atom stereocenters. The van der Waals surface area contributed by atoms with Gasteiger partial charge in [0.15, 0.2) is 5.75 Å². The number of aromatic nitrogens is 2. The number of nitrogens with zero attached hydrogens (tertiary/aromatic N) is 2. The van der Waals surface area contributed by atoms with Crippen molar-refractivity contribution in [3.8, 4) is 5.75 Å². The van der Waals surface area contributed by atoms with E-state index >= 15 is 0 Å². The number of aryl methyl sites for hydroxylation is 1. The molecule has 1 aromatic heterocycles. The smallest absolute Gasteiger partial charge is 0.159 e. The molecule has 104 valence electrons. The van der Waals surface area contributed by atoms with Crippen LogP contribution in [-0.4, -0.2) is 29.5 Å². The van der Waals surface area contributed by atoms with Crippen molar-refractivity contribution >= 4 is 0 Å². The SMILES string of the molecule is CCCNC(C)CCc1c(OC)cnn1CCC. The van der Waals surface area contributed by atoms with Gasteiger partial charge in [-0.25, -0.2) is 0 Å². The fourth-order valence-electron chi connectivity index (χ4n) is 2.07. The summed E-state index contributed by atoms with van der Waals surface area (Å²) in [7, 11) is 1.72. The van der Waals surface area contributed by atoms with E-state index in [1.54, 1.807) is 7.11 Å². The highest BCUT2D eigenvalue weighted by molar-refractivity contribution is 5.25. The standard InChI is InChI=1S/C14H27N3O/c1-5-9-15-12(3)7-8-13-14(18-4)11-16-17(13)10-6-2/h11-12,15H,5-10H2,1-4H3. The van der Waals surface area contributed by atoms with Crippen LogP contribution in [0.5, 0.6) is 5.75 Å². The zero-order chi connectivity index (χ0) is 13.4. The van der Waals surface area contributed by atoms with Gasteiger partial charge in [-0.3, -0.25) is 4.68 Å². The molecule has 0 aliphatic carbocycles. The maximum atomic E-state index is 5.38. The van der Waals surface area contributed by atoms with Crippen molar-refractivity contribution in [1.29, 1.82) is 0 Å². The maximum Gasteiger partial charge on any atom is 0.159 e. The van der Waals surface area contributed by atoms with Gasteiger partial charge in [0, 0.05) is 12.6 Å². The molecule has 0 spiro atoms. The van der Waals surface area contributed by atoms with Crippen molar-refractivity contribution in [2.75, 3.05) is 13.7 Å². The van der Waals surface area contributed by atoms with Crippen molar-refractivity contribution in [2.45, 2.75) is 59.0 Å². The lowest BCUT2D eigenvalue weighted by atomic mass is 10.1. The van der Waals surface area contributed by atoms with E-state index in [1.165, 1.54) is 12.1 Å². The summed E-state index contributed by atoms with van der Waals surface area (Å²) in [5.41, 5.74) is 1.23. The van der Waals surface area contributed by atoms with Crippen molar-refractivity contribution in [1.82, 2.24) is 15.1 Å². The predicted octanol–water partition coefficient (Wildman–Crippen LogP) is 2.62. The molecule has 1 N–H and O–H groups in total. The number of nitrogens with one attached hydrogen (secondary N) is 1. The number of hydrogen-bond donors (Lipinski definition) is 1. The van der Waals surface area contributed by atoms with Crippen LogP contribution in [0.3, 0.4) is 0 Å². The Kier molecular flexibility index (Phi) is 6.80. The molecule has 4 heteroatoms. The molecule has 0 amide bonds. The monoisotopic (exact) mass is 253 g/mol. The van der Waals surface area contributed by atoms with Crippen molar-refractivity contribution in [3.05, 3.63) is 11.9 Å². The molecule has 0 aliphatic heterocycles. The first-order valence-corrected chi connectivity index (χ1v) is 7.04. The van der Waals surface area contributed by atoms with E-state index in [9.17, 15) is 0 Å². The van der Waals surface area contributed by atoms with Crippen LogP contribution < -0.4 is 10.1 Å². The highest BCUT2D eigenvalue weighted by atomic mass is 16.5. The van der Waals surface area contributed by atoms with Crippen LogP contribution in [0.25, 0.3) is 0 Å². The third-order valence-corrected chi connectivity index (χ3v) is 3.12. The van der Waals surface area contributed by atoms with Crippen LogP contribution in [0, 0.1) is 0 Å². The van der Waals surface area contributed by atoms with Gasteiger partial charge in [0.1, 0.15) is 0 Å². The molecule has 1 aromatic rings. The van der Waals surface area contributed by atoms with Gasteiger partial charge in [-0.05, 0) is 39.2 Å². The van der Waals surface area contributed by atoms with Crippen LogP contribution in [0.2, 0.25) is 0 Å². The first-order valence-electron chi connectivity index (χ1n) is 7.04. The molecule has 1 unspecified atom stereocenters. The first-order chi connectivity index (χ1) is 8.72. The Balaban J connectivity index is 2.55. The zero-order valence-electron chi connectivity index (χ0n) is 12.2. The molecule has 1 heterocycles. The highest BCUT2D eigenvalue weighted by Crippen LogP contribution is 2.20. The highest BCUT2D eigenvalue weighted by Gasteiger charge is 2.12. The fraction of sp³-hybridized carbons (Fsp3) is 0.786. The summed E-state index contributed by atoms with van der Waals surface area (Å²) in [6.07, 6.45) is 6.24. The number of methoxy groups -OCH3 is 1. The molecule has 0 aromatic carbocycles. The second kappa shape index (κ2) is 8.14. The molecule has 0 radical (unpaired) electrons. The third kappa shape index (κ3) is 4.33. The van der Waals surface area contributed by atoms with E-state index in [4.69, 9.17) is 4.74 Å². The quantitative estimate of drug-likeness (QED) is 0.735. The Hall–Kier alpha value is -1.03. The largest absolute Gasteiger partial charge is 0.493 e. The van der Waals surface area contributed by atoms with E-state index in [1.807, 2.05) is 6.20 Å². The van der Waals surface area contributed by atoms with E-state index in [2.05, 4.69) is 35.9 Å². The molecule has 4 nitrogen and oxygen atoms in total. The molecule has 1 rings (SSSR count). The lowest BCUT2D eigenvalue weighted by molar-refractivity contribution is 0.403. The average molecular weight is 253 g/mol. The van der Waals surface area contributed by atoms with Gasteiger partial charge in [0.05, 0.1) is 19.0 Å². The summed E-state index contributed by atoms with van der Waals surface area (Å²) in [6, 6.07) is 0.541. The lowest BCUT2D eigenvalue weighted by Gasteiger charge is -2.14. The minimum Gasteiger partial charge on any atom is -0.493 e. The minimum atomic E-state index is 0.541. The Morgan fingerprint density at radius 3 is 2.78 bits per heavy atom. The topological polar surface area (TPSA) is 39.1 Å². The predicted molar refractivity (Wildman–Crippen MR) is 75.1 cm³/mol. The third-order valence-electron chi connectivity index (χ3n) is 3.12. The van der Waals surface area contributed by atoms with Crippen molar-refractivity contribution < 1.29 is 4.74 Å². The van der Waals surface area contributed by atoms with Crippen LogP contribution in [0.15, 0.2) is 6.20 Å². The molecule has 0 aliphatic rings. The van der Waals surface area contributed by atoms with Crippen LogP contribution in [-0.2, 0) is 13.0 Å². The minimum absolute atomic E-state index is 0.541. The summed E-state index contributed by atoms with van der Waals surface area (Å²) in [5.74, 6) is 0.922. The Labute approximate surface area is 111 Å². The lowest BCUT2D eigenvalue weighted by Crippen LogP contribution is -2.27. The van der Waals surface area contributed by atoms with Gasteiger partial charge in [0.25, 0.3) is 0 Å². The van der Waals surface area contributed by atoms with Crippen molar-refractivity contribution in [2.24, 2.45) is 0 Å². The van der Waals surface area contributed by atoms with Crippen LogP contribution >= 0.6 is 0 Å². The second-order valence-corrected chi connectivity index (χ2v) is 4.78. The molecule has 18 heavy (non-hydrogen) atoms. The molecular weight excluding hydrogens is 226 g/mol. The zero-order valence-corrected chi connectivity index (χ0v) is 12.2.